The van der Waals surface area contributed by atoms with E-state index < -0.39 is 0 Å². The van der Waals surface area contributed by atoms with Crippen LogP contribution in [0.1, 0.15) is 18.4 Å². The molecule has 0 saturated carbocycles. The van der Waals surface area contributed by atoms with Crippen molar-refractivity contribution in [1.29, 1.82) is 0 Å². The number of phenols is 1. The Bertz CT molecular complexity index is 517. The largest absolute Gasteiger partial charge is 0.504 e. The van der Waals surface area contributed by atoms with Crippen LogP contribution in [0.15, 0.2) is 18.2 Å². The fourth-order valence-electron chi connectivity index (χ4n) is 3.97. The summed E-state index contributed by atoms with van der Waals surface area (Å²) in [6, 6.07) is 5.59. The van der Waals surface area contributed by atoms with E-state index in [-0.39, 0.29) is 12.4 Å². The predicted octanol–water partition coefficient (Wildman–Crippen LogP) is 1.54. The van der Waals surface area contributed by atoms with Gasteiger partial charge in [0, 0.05) is 32.8 Å². The van der Waals surface area contributed by atoms with Gasteiger partial charge in [0.05, 0.1) is 7.11 Å². The maximum atomic E-state index is 9.91. The average molecular weight is 320 g/mol. The molecule has 2 heterocycles. The van der Waals surface area contributed by atoms with Crippen LogP contribution in [-0.4, -0.2) is 66.5 Å². The van der Waals surface area contributed by atoms with Gasteiger partial charge in [0.2, 0.25) is 0 Å². The molecule has 0 spiro atoms. The molecule has 0 bridgehead atoms. The molecule has 1 aromatic carbocycles. The number of phenolic OH excluding ortho intramolecular Hbond substituents is 1. The molecule has 0 amide bonds. The summed E-state index contributed by atoms with van der Waals surface area (Å²) in [6.45, 7) is 6.56. The Morgan fingerprint density at radius 1 is 1.13 bits per heavy atom. The van der Waals surface area contributed by atoms with Crippen molar-refractivity contribution in [3.8, 4) is 11.5 Å². The second kappa shape index (κ2) is 7.51. The van der Waals surface area contributed by atoms with E-state index in [9.17, 15) is 10.2 Å². The van der Waals surface area contributed by atoms with Crippen LogP contribution >= 0.6 is 0 Å². The molecule has 2 aliphatic rings. The van der Waals surface area contributed by atoms with E-state index in [0.29, 0.717) is 17.6 Å². The van der Waals surface area contributed by atoms with Crippen molar-refractivity contribution >= 4 is 0 Å². The van der Waals surface area contributed by atoms with Crippen molar-refractivity contribution in [3.05, 3.63) is 23.8 Å². The highest BCUT2D eigenvalue weighted by Gasteiger charge is 2.33. The highest BCUT2D eigenvalue weighted by atomic mass is 16.5. The van der Waals surface area contributed by atoms with Crippen molar-refractivity contribution in [2.24, 2.45) is 11.8 Å². The van der Waals surface area contributed by atoms with Crippen LogP contribution in [0.25, 0.3) is 0 Å². The molecule has 2 aliphatic heterocycles. The second-order valence-corrected chi connectivity index (χ2v) is 6.91. The molecule has 0 unspecified atom stereocenters. The molecule has 0 aliphatic carbocycles. The first-order valence-electron chi connectivity index (χ1n) is 8.61. The minimum atomic E-state index is 0.191. The number of hydrogen-bond acceptors (Lipinski definition) is 5. The van der Waals surface area contributed by atoms with Crippen molar-refractivity contribution in [3.63, 3.8) is 0 Å². The second-order valence-electron chi connectivity index (χ2n) is 6.91. The summed E-state index contributed by atoms with van der Waals surface area (Å²) in [4.78, 5) is 4.93. The lowest BCUT2D eigenvalue weighted by Gasteiger charge is -2.23. The third-order valence-corrected chi connectivity index (χ3v) is 5.23. The molecule has 2 fully saturated rings. The zero-order chi connectivity index (χ0) is 16.2. The van der Waals surface area contributed by atoms with E-state index in [4.69, 9.17) is 4.74 Å². The van der Waals surface area contributed by atoms with Crippen LogP contribution in [0.4, 0.5) is 0 Å². The summed E-state index contributed by atoms with van der Waals surface area (Å²) in [5.41, 5.74) is 1.09. The first kappa shape index (κ1) is 16.6. The van der Waals surface area contributed by atoms with Crippen LogP contribution in [0.3, 0.4) is 0 Å². The van der Waals surface area contributed by atoms with Gasteiger partial charge in [-0.1, -0.05) is 6.07 Å². The molecule has 3 rings (SSSR count). The number of hydrogen-bond donors (Lipinski definition) is 2. The van der Waals surface area contributed by atoms with E-state index in [0.717, 1.165) is 31.7 Å². The lowest BCUT2D eigenvalue weighted by molar-refractivity contribution is 0.175. The highest BCUT2D eigenvalue weighted by molar-refractivity contribution is 5.41. The van der Waals surface area contributed by atoms with Gasteiger partial charge in [0.15, 0.2) is 11.5 Å². The molecule has 1 aromatic rings. The Morgan fingerprint density at radius 2 is 1.87 bits per heavy atom. The van der Waals surface area contributed by atoms with Gasteiger partial charge in [-0.2, -0.15) is 0 Å². The molecule has 5 heteroatoms. The zero-order valence-corrected chi connectivity index (χ0v) is 13.9. The fraction of sp³-hybridized carbons (Fsp3) is 0.667. The number of methoxy groups -OCH3 is 1. The fourth-order valence-corrected chi connectivity index (χ4v) is 3.97. The lowest BCUT2D eigenvalue weighted by atomic mass is 9.96. The number of ether oxygens (including phenoxy) is 1. The van der Waals surface area contributed by atoms with E-state index in [1.165, 1.54) is 25.9 Å². The van der Waals surface area contributed by atoms with Crippen LogP contribution < -0.4 is 4.74 Å². The summed E-state index contributed by atoms with van der Waals surface area (Å²) in [5.74, 6) is 1.61. The Morgan fingerprint density at radius 3 is 2.52 bits per heavy atom. The van der Waals surface area contributed by atoms with E-state index >= 15 is 0 Å². The molecule has 0 aromatic heterocycles. The van der Waals surface area contributed by atoms with Crippen molar-refractivity contribution in [2.45, 2.75) is 19.4 Å². The monoisotopic (exact) mass is 320 g/mol. The van der Waals surface area contributed by atoms with Crippen molar-refractivity contribution < 1.29 is 14.9 Å². The molecular formula is C18H28N2O3. The highest BCUT2D eigenvalue weighted by Crippen LogP contribution is 2.30. The number of aromatic hydroxyl groups is 1. The van der Waals surface area contributed by atoms with Gasteiger partial charge in [-0.25, -0.2) is 0 Å². The SMILES string of the molecule is COc1ccc(CN2C[C@@H](CN3CCCC3)[C@@H](CO)C2)cc1O. The summed E-state index contributed by atoms with van der Waals surface area (Å²) in [7, 11) is 1.56. The Hall–Kier alpha value is -1.30. The number of benzene rings is 1. The van der Waals surface area contributed by atoms with Crippen LogP contribution in [0, 0.1) is 11.8 Å². The first-order chi connectivity index (χ1) is 11.2. The summed E-state index contributed by atoms with van der Waals surface area (Å²) < 4.78 is 5.09. The minimum absolute atomic E-state index is 0.191. The molecule has 0 radical (unpaired) electrons. The quantitative estimate of drug-likeness (QED) is 0.833. The Balaban J connectivity index is 1.59. The number of nitrogens with zero attached hydrogens (tertiary/aromatic N) is 2. The van der Waals surface area contributed by atoms with Crippen molar-refractivity contribution in [2.75, 3.05) is 46.4 Å². The Kier molecular flexibility index (Phi) is 5.41. The van der Waals surface area contributed by atoms with Gasteiger partial charge in [0.1, 0.15) is 0 Å². The van der Waals surface area contributed by atoms with Crippen LogP contribution in [0.5, 0.6) is 11.5 Å². The predicted molar refractivity (Wildman–Crippen MR) is 89.7 cm³/mol. The summed E-state index contributed by atoms with van der Waals surface area (Å²) >= 11 is 0. The standard InChI is InChI=1S/C18H28N2O3/c1-23-18-5-4-14(8-17(18)22)9-20-11-15(16(12-20)13-21)10-19-6-2-3-7-19/h4-5,8,15-16,21-22H,2-3,6-7,9-13H2,1H3/t15-,16-/m1/s1. The molecular weight excluding hydrogens is 292 g/mol. The van der Waals surface area contributed by atoms with E-state index in [1.54, 1.807) is 13.2 Å². The summed E-state index contributed by atoms with van der Waals surface area (Å²) in [6.07, 6.45) is 2.62. The lowest BCUT2D eigenvalue weighted by Crippen LogP contribution is -2.31. The number of likely N-dealkylation sites (tertiary alicyclic amines) is 2. The molecule has 2 N–H and O–H groups in total. The van der Waals surface area contributed by atoms with Gasteiger partial charge in [-0.3, -0.25) is 4.90 Å². The summed E-state index contributed by atoms with van der Waals surface area (Å²) in [5, 5.41) is 19.6. The third kappa shape index (κ3) is 3.97. The van der Waals surface area contributed by atoms with Crippen LogP contribution in [-0.2, 0) is 6.54 Å². The zero-order valence-electron chi connectivity index (χ0n) is 13.9. The average Bonchev–Trinajstić information content (AvgIpc) is 3.18. The number of rotatable bonds is 6. The van der Waals surface area contributed by atoms with E-state index in [2.05, 4.69) is 9.80 Å². The maximum absolute atomic E-state index is 9.91. The normalized spacial score (nSPS) is 26.0. The van der Waals surface area contributed by atoms with Gasteiger partial charge in [-0.15, -0.1) is 0 Å². The number of aliphatic hydroxyl groups is 1. The molecule has 23 heavy (non-hydrogen) atoms. The molecule has 2 atom stereocenters. The topological polar surface area (TPSA) is 56.2 Å². The van der Waals surface area contributed by atoms with Crippen molar-refractivity contribution in [1.82, 2.24) is 9.80 Å². The minimum Gasteiger partial charge on any atom is -0.504 e. The third-order valence-electron chi connectivity index (χ3n) is 5.23. The molecule has 2 saturated heterocycles. The Labute approximate surface area is 138 Å². The molecule has 128 valence electrons. The molecule has 5 nitrogen and oxygen atoms in total. The number of aliphatic hydroxyl groups excluding tert-OH is 1. The van der Waals surface area contributed by atoms with E-state index in [1.807, 2.05) is 12.1 Å². The smallest absolute Gasteiger partial charge is 0.160 e. The van der Waals surface area contributed by atoms with Crippen LogP contribution in [0.2, 0.25) is 0 Å². The van der Waals surface area contributed by atoms with Gasteiger partial charge >= 0.3 is 0 Å². The van der Waals surface area contributed by atoms with Gasteiger partial charge in [-0.05, 0) is 55.5 Å². The first-order valence-corrected chi connectivity index (χ1v) is 8.61. The van der Waals surface area contributed by atoms with Gasteiger partial charge in [0.25, 0.3) is 0 Å². The van der Waals surface area contributed by atoms with Gasteiger partial charge < -0.3 is 19.8 Å². The maximum Gasteiger partial charge on any atom is 0.160 e.